The molecule has 7 nitrogen and oxygen atoms in total. The van der Waals surface area contributed by atoms with E-state index in [9.17, 15) is 9.59 Å². The molecule has 7 heteroatoms. The summed E-state index contributed by atoms with van der Waals surface area (Å²) in [6.45, 7) is 5.34. The number of aromatic amines is 1. The molecule has 1 fully saturated rings. The molecule has 180 valence electrons. The number of hydrogen-bond acceptors (Lipinski definition) is 5. The topological polar surface area (TPSA) is 83.7 Å². The summed E-state index contributed by atoms with van der Waals surface area (Å²) >= 11 is 0. The Bertz CT molecular complexity index is 947. The summed E-state index contributed by atoms with van der Waals surface area (Å²) in [5.41, 5.74) is 4.35. The zero-order chi connectivity index (χ0) is 23.8. The Balaban J connectivity index is 1.64. The van der Waals surface area contributed by atoms with Crippen LogP contribution in [-0.4, -0.2) is 55.2 Å². The van der Waals surface area contributed by atoms with E-state index in [0.717, 1.165) is 12.1 Å². The second-order valence-electron chi connectivity index (χ2n) is 8.91. The molecule has 1 aromatic heterocycles. The third kappa shape index (κ3) is 6.45. The lowest BCUT2D eigenvalue weighted by atomic mass is 9.94. The van der Waals surface area contributed by atoms with E-state index in [0.29, 0.717) is 41.7 Å². The average molecular weight is 456 g/mol. The van der Waals surface area contributed by atoms with Crippen LogP contribution >= 0.6 is 0 Å². The molecule has 0 saturated heterocycles. The Morgan fingerprint density at radius 1 is 1.09 bits per heavy atom. The molecule has 0 radical (unpaired) electrons. The summed E-state index contributed by atoms with van der Waals surface area (Å²) in [4.78, 5) is 30.9. The fourth-order valence-electron chi connectivity index (χ4n) is 4.64. The molecule has 0 atom stereocenters. The van der Waals surface area contributed by atoms with Gasteiger partial charge in [0, 0.05) is 31.9 Å². The number of nitrogens with zero attached hydrogens (tertiary/aromatic N) is 1. The van der Waals surface area contributed by atoms with Gasteiger partial charge in [0.25, 0.3) is 5.91 Å². The lowest BCUT2D eigenvalue weighted by molar-refractivity contribution is 0.0387. The van der Waals surface area contributed by atoms with Gasteiger partial charge in [0.2, 0.25) is 0 Å². The SMILES string of the molecule is COCCOC(=O)c1c(C)[nH]c(C(=O)NCc2ccccc2CN(C)C2CCCCC2)c1C. The van der Waals surface area contributed by atoms with Crippen LogP contribution in [0.3, 0.4) is 0 Å². The van der Waals surface area contributed by atoms with Gasteiger partial charge in [-0.25, -0.2) is 4.79 Å². The van der Waals surface area contributed by atoms with E-state index in [1.54, 1.807) is 21.0 Å². The molecule has 0 spiro atoms. The molecule has 1 aliphatic carbocycles. The Kier molecular flexibility index (Phi) is 9.09. The van der Waals surface area contributed by atoms with Crippen molar-refractivity contribution in [2.75, 3.05) is 27.4 Å². The fourth-order valence-corrected chi connectivity index (χ4v) is 4.64. The van der Waals surface area contributed by atoms with Crippen molar-refractivity contribution in [2.24, 2.45) is 0 Å². The first-order valence-electron chi connectivity index (χ1n) is 11.8. The Labute approximate surface area is 196 Å². The van der Waals surface area contributed by atoms with Crippen molar-refractivity contribution >= 4 is 11.9 Å². The molecule has 1 saturated carbocycles. The highest BCUT2D eigenvalue weighted by Gasteiger charge is 2.23. The molecule has 1 aromatic carbocycles. The van der Waals surface area contributed by atoms with E-state index in [2.05, 4.69) is 40.4 Å². The zero-order valence-corrected chi connectivity index (χ0v) is 20.3. The van der Waals surface area contributed by atoms with Gasteiger partial charge in [-0.15, -0.1) is 0 Å². The number of aromatic nitrogens is 1. The van der Waals surface area contributed by atoms with E-state index in [-0.39, 0.29) is 12.5 Å². The lowest BCUT2D eigenvalue weighted by Crippen LogP contribution is -2.33. The Morgan fingerprint density at radius 2 is 1.79 bits per heavy atom. The van der Waals surface area contributed by atoms with Crippen molar-refractivity contribution in [2.45, 2.75) is 65.1 Å². The number of hydrogen-bond donors (Lipinski definition) is 2. The third-order valence-corrected chi connectivity index (χ3v) is 6.56. The van der Waals surface area contributed by atoms with Crippen LogP contribution in [0, 0.1) is 13.8 Å². The molecular weight excluding hydrogens is 418 g/mol. The van der Waals surface area contributed by atoms with E-state index in [1.165, 1.54) is 37.7 Å². The first-order valence-corrected chi connectivity index (χ1v) is 11.8. The molecule has 33 heavy (non-hydrogen) atoms. The summed E-state index contributed by atoms with van der Waals surface area (Å²) in [5.74, 6) is -0.685. The number of esters is 1. The summed E-state index contributed by atoms with van der Waals surface area (Å²) in [7, 11) is 3.75. The second kappa shape index (κ2) is 12.0. The monoisotopic (exact) mass is 455 g/mol. The minimum atomic E-state index is -0.451. The number of rotatable bonds is 10. The van der Waals surface area contributed by atoms with Gasteiger partial charge in [-0.1, -0.05) is 43.5 Å². The lowest BCUT2D eigenvalue weighted by Gasteiger charge is -2.31. The van der Waals surface area contributed by atoms with Crippen LogP contribution in [0.15, 0.2) is 24.3 Å². The maximum atomic E-state index is 12.9. The molecule has 1 aliphatic rings. The van der Waals surface area contributed by atoms with Crippen molar-refractivity contribution in [3.8, 4) is 0 Å². The minimum absolute atomic E-state index is 0.174. The quantitative estimate of drug-likeness (QED) is 0.416. The normalized spacial score (nSPS) is 14.5. The number of amides is 1. The molecule has 1 amide bonds. The number of methoxy groups -OCH3 is 1. The highest BCUT2D eigenvalue weighted by atomic mass is 16.6. The standard InChI is InChI=1S/C26H37N3O4/c1-18-23(26(31)33-15-14-32-4)19(2)28-24(18)25(30)27-16-20-10-8-9-11-21(20)17-29(3)22-12-6-5-7-13-22/h8-11,22,28H,5-7,12-17H2,1-4H3,(H,27,30). The highest BCUT2D eigenvalue weighted by Crippen LogP contribution is 2.24. The van der Waals surface area contributed by atoms with E-state index >= 15 is 0 Å². The maximum Gasteiger partial charge on any atom is 0.340 e. The van der Waals surface area contributed by atoms with E-state index < -0.39 is 5.97 Å². The number of ether oxygens (including phenoxy) is 2. The van der Waals surface area contributed by atoms with Crippen molar-refractivity contribution < 1.29 is 19.1 Å². The first-order chi connectivity index (χ1) is 15.9. The largest absolute Gasteiger partial charge is 0.460 e. The highest BCUT2D eigenvalue weighted by molar-refractivity contribution is 6.00. The zero-order valence-electron chi connectivity index (χ0n) is 20.3. The second-order valence-corrected chi connectivity index (χ2v) is 8.91. The summed E-state index contributed by atoms with van der Waals surface area (Å²) in [6.07, 6.45) is 6.48. The maximum absolute atomic E-state index is 12.9. The molecule has 3 rings (SSSR count). The number of carbonyl (C=O) groups excluding carboxylic acids is 2. The first kappa shape index (κ1) is 25.0. The molecule has 2 N–H and O–H groups in total. The fraction of sp³-hybridized carbons (Fsp3) is 0.538. The van der Waals surface area contributed by atoms with Crippen molar-refractivity contribution in [1.29, 1.82) is 0 Å². The smallest absolute Gasteiger partial charge is 0.340 e. The van der Waals surface area contributed by atoms with E-state index in [1.807, 2.05) is 6.07 Å². The van der Waals surface area contributed by atoms with Crippen molar-refractivity contribution in [1.82, 2.24) is 15.2 Å². The third-order valence-electron chi connectivity index (χ3n) is 6.56. The summed E-state index contributed by atoms with van der Waals surface area (Å²) < 4.78 is 10.2. The predicted molar refractivity (Wildman–Crippen MR) is 128 cm³/mol. The molecule has 0 bridgehead atoms. The van der Waals surface area contributed by atoms with Crippen LogP contribution in [0.5, 0.6) is 0 Å². The predicted octanol–water partition coefficient (Wildman–Crippen LogP) is 4.13. The molecule has 0 unspecified atom stereocenters. The average Bonchev–Trinajstić information content (AvgIpc) is 3.12. The van der Waals surface area contributed by atoms with Gasteiger partial charge in [0.1, 0.15) is 12.3 Å². The minimum Gasteiger partial charge on any atom is -0.460 e. The molecule has 2 aromatic rings. The van der Waals surface area contributed by atoms with Crippen LogP contribution in [0.1, 0.15) is 75.3 Å². The summed E-state index contributed by atoms with van der Waals surface area (Å²) in [5, 5.41) is 3.02. The molecule has 1 heterocycles. The van der Waals surface area contributed by atoms with Crippen molar-refractivity contribution in [3.05, 3.63) is 57.9 Å². The van der Waals surface area contributed by atoms with Gasteiger partial charge < -0.3 is 19.8 Å². The molecular formula is C26H37N3O4. The number of H-pyrrole nitrogens is 1. The summed E-state index contributed by atoms with van der Waals surface area (Å²) in [6, 6.07) is 8.89. The van der Waals surface area contributed by atoms with Gasteiger partial charge in [0.15, 0.2) is 0 Å². The number of benzene rings is 1. The van der Waals surface area contributed by atoms with Crippen LogP contribution < -0.4 is 5.32 Å². The Hall–Kier alpha value is -2.64. The van der Waals surface area contributed by atoms with Crippen LogP contribution in [0.25, 0.3) is 0 Å². The van der Waals surface area contributed by atoms with Crippen molar-refractivity contribution in [3.63, 3.8) is 0 Å². The van der Waals surface area contributed by atoms with Gasteiger partial charge in [0.05, 0.1) is 12.2 Å². The number of aryl methyl sites for hydroxylation is 1. The number of carbonyl (C=O) groups is 2. The van der Waals surface area contributed by atoms with Gasteiger partial charge in [-0.2, -0.15) is 0 Å². The van der Waals surface area contributed by atoms with Gasteiger partial charge in [-0.3, -0.25) is 9.69 Å². The molecule has 0 aliphatic heterocycles. The number of nitrogens with one attached hydrogen (secondary N) is 2. The van der Waals surface area contributed by atoms with E-state index in [4.69, 9.17) is 9.47 Å². The van der Waals surface area contributed by atoms with Gasteiger partial charge in [-0.05, 0) is 50.4 Å². The van der Waals surface area contributed by atoms with Gasteiger partial charge >= 0.3 is 5.97 Å². The Morgan fingerprint density at radius 3 is 2.48 bits per heavy atom. The van der Waals surface area contributed by atoms with Crippen LogP contribution in [0.2, 0.25) is 0 Å². The van der Waals surface area contributed by atoms with Crippen LogP contribution in [0.4, 0.5) is 0 Å². The van der Waals surface area contributed by atoms with Crippen LogP contribution in [-0.2, 0) is 22.6 Å².